The maximum atomic E-state index is 4.58. The number of benzene rings is 3. The van der Waals surface area contributed by atoms with E-state index in [1.807, 2.05) is 83.7 Å². The molecule has 0 spiro atoms. The van der Waals surface area contributed by atoms with Gasteiger partial charge in [-0.1, -0.05) is 91.0 Å². The summed E-state index contributed by atoms with van der Waals surface area (Å²) in [4.78, 5) is 15.4. The fourth-order valence-corrected chi connectivity index (χ4v) is 3.83. The van der Waals surface area contributed by atoms with Gasteiger partial charge in [-0.15, -0.1) is 10.2 Å². The Morgan fingerprint density at radius 2 is 0.875 bits per heavy atom. The van der Waals surface area contributed by atoms with Crippen LogP contribution in [0, 0.1) is 0 Å². The average molecular weight is 650 g/mol. The molecule has 6 heterocycles. The molecule has 9 rings (SSSR count). The van der Waals surface area contributed by atoms with Crippen LogP contribution in [0.15, 0.2) is 217 Å². The highest BCUT2D eigenvalue weighted by Gasteiger charge is 1.87. The Morgan fingerprint density at radius 3 is 1.21 bits per heavy atom. The van der Waals surface area contributed by atoms with E-state index in [1.54, 1.807) is 79.5 Å². The second-order valence-corrected chi connectivity index (χ2v) is 9.68. The van der Waals surface area contributed by atoms with Crippen molar-refractivity contribution < 1.29 is 4.42 Å². The highest BCUT2D eigenvalue weighted by Crippen LogP contribution is 2.11. The van der Waals surface area contributed by atoms with Crippen LogP contribution in [0.4, 0.5) is 0 Å². The maximum absolute atomic E-state index is 4.58. The Balaban J connectivity index is 0.000000155. The molecule has 9 heteroatoms. The number of furan rings is 1. The lowest BCUT2D eigenvalue weighted by molar-refractivity contribution is 0.567. The van der Waals surface area contributed by atoms with Gasteiger partial charge in [0.1, 0.15) is 0 Å². The van der Waals surface area contributed by atoms with Crippen LogP contribution in [0.25, 0.3) is 21.7 Å². The van der Waals surface area contributed by atoms with Crippen LogP contribution in [0.1, 0.15) is 0 Å². The Morgan fingerprint density at radius 1 is 0.375 bits per heavy atom. The molecule has 0 aliphatic rings. The molecular formula is C39H35N7OS. The summed E-state index contributed by atoms with van der Waals surface area (Å²) >= 11 is 1.71. The predicted octanol–water partition coefficient (Wildman–Crippen LogP) is 9.53. The van der Waals surface area contributed by atoms with Crippen LogP contribution in [0.2, 0.25) is 0 Å². The minimum Gasteiger partial charge on any atom is -0.473 e. The summed E-state index contributed by atoms with van der Waals surface area (Å²) in [5.41, 5.74) is 1.06. The summed E-state index contributed by atoms with van der Waals surface area (Å²) in [5.74, 6) is 0. The predicted molar refractivity (Wildman–Crippen MR) is 195 cm³/mol. The summed E-state index contributed by atoms with van der Waals surface area (Å²) in [6.45, 7) is 0. The third-order valence-electron chi connectivity index (χ3n) is 5.47. The average Bonchev–Trinajstić information content (AvgIpc) is 3.99. The second-order valence-electron chi connectivity index (χ2n) is 8.86. The van der Waals surface area contributed by atoms with Crippen molar-refractivity contribution >= 4 is 33.0 Å². The van der Waals surface area contributed by atoms with Crippen molar-refractivity contribution in [2.75, 3.05) is 0 Å². The summed E-state index contributed by atoms with van der Waals surface area (Å²) < 4.78 is 4.58. The summed E-state index contributed by atoms with van der Waals surface area (Å²) in [6, 6.07) is 43.9. The molecule has 0 amide bonds. The molecule has 0 saturated heterocycles. The standard InChI is InChI=1S/C10H8.C9H7N.C5H5N.C4H4N2.C4H4O.C4H4S.C3H3N3/c1-2-6-10-8-4-3-7-9(10)5-1;1-2-6-9-8(4-1)5-3-7-10-9;1-2-4-6-5-3-1;1-2-6-4-3-5-1;2*1-2-4-5-3-1;1-2-4-6-5-3-1/h1-8H;1-7H;1-5H;1-4H;2*1-4H;1-3H. The third-order valence-corrected chi connectivity index (χ3v) is 6.10. The number of pyridine rings is 2. The van der Waals surface area contributed by atoms with Gasteiger partial charge < -0.3 is 4.42 Å². The highest BCUT2D eigenvalue weighted by atomic mass is 32.1. The van der Waals surface area contributed by atoms with E-state index in [2.05, 4.69) is 100 Å². The van der Waals surface area contributed by atoms with Crippen molar-refractivity contribution in [2.24, 2.45) is 0 Å². The Bertz CT molecular complexity index is 1510. The molecule has 0 N–H and O–H groups in total. The van der Waals surface area contributed by atoms with E-state index in [-0.39, 0.29) is 0 Å². The first-order chi connectivity index (χ1) is 23.9. The first-order valence-corrected chi connectivity index (χ1v) is 15.7. The minimum atomic E-state index is 1.06. The topological polar surface area (TPSA) is 103 Å². The van der Waals surface area contributed by atoms with E-state index in [9.17, 15) is 0 Å². The van der Waals surface area contributed by atoms with Crippen molar-refractivity contribution in [3.8, 4) is 0 Å². The smallest absolute Gasteiger partial charge is 0.0902 e. The molecule has 3 aromatic carbocycles. The van der Waals surface area contributed by atoms with Gasteiger partial charge >= 0.3 is 0 Å². The van der Waals surface area contributed by atoms with Gasteiger partial charge in [0, 0.05) is 48.8 Å². The van der Waals surface area contributed by atoms with Crippen LogP contribution < -0.4 is 0 Å². The van der Waals surface area contributed by atoms with Gasteiger partial charge in [-0.2, -0.15) is 11.3 Å². The monoisotopic (exact) mass is 649 g/mol. The van der Waals surface area contributed by atoms with E-state index >= 15 is 0 Å². The first kappa shape index (κ1) is 36.0. The highest BCUT2D eigenvalue weighted by molar-refractivity contribution is 7.07. The molecule has 9 aromatic rings. The SMILES string of the molecule is c1ccc2ccccc2c1.c1ccc2ncccc2c1.c1ccncc1.c1ccoc1.c1ccsc1.c1cnccn1.c1cnnnc1. The van der Waals surface area contributed by atoms with Crippen LogP contribution in [-0.2, 0) is 0 Å². The van der Waals surface area contributed by atoms with Gasteiger partial charge in [0.05, 0.1) is 30.4 Å². The molecule has 8 nitrogen and oxygen atoms in total. The molecule has 0 saturated carbocycles. The van der Waals surface area contributed by atoms with Gasteiger partial charge in [0.15, 0.2) is 0 Å². The number of nitrogens with zero attached hydrogens (tertiary/aromatic N) is 7. The molecular weight excluding hydrogens is 615 g/mol. The van der Waals surface area contributed by atoms with Crippen molar-refractivity contribution in [2.45, 2.75) is 0 Å². The largest absolute Gasteiger partial charge is 0.473 e. The summed E-state index contributed by atoms with van der Waals surface area (Å²) in [7, 11) is 0. The van der Waals surface area contributed by atoms with E-state index in [1.165, 1.54) is 16.2 Å². The lowest BCUT2D eigenvalue weighted by atomic mass is 10.1. The minimum absolute atomic E-state index is 1.06. The number of rotatable bonds is 0. The molecule has 0 unspecified atom stereocenters. The number of hydrogen-bond acceptors (Lipinski definition) is 9. The van der Waals surface area contributed by atoms with Gasteiger partial charge in [0.2, 0.25) is 0 Å². The lowest BCUT2D eigenvalue weighted by Gasteiger charge is -1.92. The molecule has 0 atom stereocenters. The van der Waals surface area contributed by atoms with Crippen LogP contribution in [0.5, 0.6) is 0 Å². The Labute approximate surface area is 284 Å². The van der Waals surface area contributed by atoms with Crippen molar-refractivity contribution in [3.63, 3.8) is 0 Å². The van der Waals surface area contributed by atoms with Crippen molar-refractivity contribution in [3.05, 3.63) is 213 Å². The Kier molecular flexibility index (Phi) is 19.4. The number of para-hydroxylation sites is 1. The summed E-state index contributed by atoms with van der Waals surface area (Å²) in [5, 5.41) is 18.0. The molecule has 0 aliphatic carbocycles. The molecule has 238 valence electrons. The fourth-order valence-electron chi connectivity index (χ4n) is 3.37. The van der Waals surface area contributed by atoms with Crippen LogP contribution in [0.3, 0.4) is 0 Å². The fraction of sp³-hybridized carbons (Fsp3) is 0. The molecule has 0 radical (unpaired) electrons. The quantitative estimate of drug-likeness (QED) is 0.160. The molecule has 0 aliphatic heterocycles. The molecule has 0 fully saturated rings. The summed E-state index contributed by atoms with van der Waals surface area (Å²) in [6.07, 6.45) is 18.3. The zero-order valence-corrected chi connectivity index (χ0v) is 27.0. The van der Waals surface area contributed by atoms with E-state index in [0.717, 1.165) is 5.52 Å². The molecule has 6 aromatic heterocycles. The van der Waals surface area contributed by atoms with Crippen LogP contribution in [-0.4, -0.2) is 35.3 Å². The normalized spacial score (nSPS) is 8.83. The first-order valence-electron chi connectivity index (χ1n) is 14.7. The maximum Gasteiger partial charge on any atom is 0.0902 e. The molecule has 48 heavy (non-hydrogen) atoms. The van der Waals surface area contributed by atoms with Crippen LogP contribution >= 0.6 is 11.3 Å². The zero-order chi connectivity index (χ0) is 33.4. The second kappa shape index (κ2) is 25.8. The third kappa shape index (κ3) is 17.7. The number of fused-ring (bicyclic) bond motifs is 2. The van der Waals surface area contributed by atoms with Gasteiger partial charge in [-0.05, 0) is 69.2 Å². The lowest BCUT2D eigenvalue weighted by Crippen LogP contribution is -1.78. The van der Waals surface area contributed by atoms with E-state index in [4.69, 9.17) is 0 Å². The van der Waals surface area contributed by atoms with E-state index in [0.29, 0.717) is 0 Å². The van der Waals surface area contributed by atoms with Crippen molar-refractivity contribution in [1.82, 2.24) is 35.3 Å². The van der Waals surface area contributed by atoms with Gasteiger partial charge in [-0.3, -0.25) is 19.9 Å². The number of thiophene rings is 1. The zero-order valence-electron chi connectivity index (χ0n) is 26.2. The van der Waals surface area contributed by atoms with Gasteiger partial charge in [-0.25, -0.2) is 0 Å². The van der Waals surface area contributed by atoms with E-state index < -0.39 is 0 Å². The van der Waals surface area contributed by atoms with Gasteiger partial charge in [0.25, 0.3) is 0 Å². The number of hydrogen-bond donors (Lipinski definition) is 0. The van der Waals surface area contributed by atoms with Crippen molar-refractivity contribution in [1.29, 1.82) is 0 Å². The molecule has 0 bridgehead atoms. The number of aromatic nitrogens is 7. The Hall–Kier alpha value is -6.45.